The molecular weight excluding hydrogens is 354 g/mol. The Labute approximate surface area is 164 Å². The number of nitrogens with zero attached hydrogens (tertiary/aromatic N) is 5. The zero-order chi connectivity index (χ0) is 19.7. The number of ether oxygens (including phenoxy) is 1. The summed E-state index contributed by atoms with van der Waals surface area (Å²) in [6, 6.07) is 7.58. The third kappa shape index (κ3) is 3.47. The van der Waals surface area contributed by atoms with Gasteiger partial charge in [0.05, 0.1) is 0 Å². The van der Waals surface area contributed by atoms with Crippen LogP contribution in [0, 0.1) is 13.8 Å². The molecule has 0 saturated carbocycles. The molecule has 0 fully saturated rings. The topological polar surface area (TPSA) is 73.1 Å². The van der Waals surface area contributed by atoms with E-state index in [-0.39, 0.29) is 5.91 Å². The van der Waals surface area contributed by atoms with E-state index in [2.05, 4.69) is 15.1 Å². The molecule has 3 aromatic heterocycles. The molecule has 1 aliphatic heterocycles. The van der Waals surface area contributed by atoms with Gasteiger partial charge in [0.15, 0.2) is 0 Å². The lowest BCUT2D eigenvalue weighted by molar-refractivity contribution is 0.0725. The molecule has 0 bridgehead atoms. The molecule has 7 heteroatoms. The molecule has 0 spiro atoms. The van der Waals surface area contributed by atoms with Crippen molar-refractivity contribution >= 4 is 5.91 Å². The summed E-state index contributed by atoms with van der Waals surface area (Å²) < 4.78 is 7.74. The molecule has 4 heterocycles. The Balaban J connectivity index is 1.54. The van der Waals surface area contributed by atoms with Gasteiger partial charge in [-0.05, 0) is 37.1 Å². The van der Waals surface area contributed by atoms with Crippen molar-refractivity contribution in [1.29, 1.82) is 0 Å². The Morgan fingerprint density at radius 1 is 1.21 bits per heavy atom. The van der Waals surface area contributed by atoms with Gasteiger partial charge in [0.1, 0.15) is 18.0 Å². The summed E-state index contributed by atoms with van der Waals surface area (Å²) in [6.45, 7) is 5.40. The molecule has 0 radical (unpaired) electrons. The minimum absolute atomic E-state index is 0.0418. The van der Waals surface area contributed by atoms with Gasteiger partial charge in [-0.15, -0.1) is 0 Å². The van der Waals surface area contributed by atoms with Crippen LogP contribution in [0.15, 0.2) is 36.7 Å². The predicted octanol–water partition coefficient (Wildman–Crippen LogP) is 2.60. The van der Waals surface area contributed by atoms with Crippen LogP contribution in [0.3, 0.4) is 0 Å². The van der Waals surface area contributed by atoms with Crippen LogP contribution in [-0.2, 0) is 26.6 Å². The molecule has 0 atom stereocenters. The lowest BCUT2D eigenvalue weighted by Crippen LogP contribution is -2.37. The monoisotopic (exact) mass is 377 g/mol. The van der Waals surface area contributed by atoms with Crippen LogP contribution < -0.4 is 4.74 Å². The second-order valence-electron chi connectivity index (χ2n) is 7.10. The number of pyridine rings is 2. The largest absolute Gasteiger partial charge is 0.471 e. The van der Waals surface area contributed by atoms with Gasteiger partial charge in [0.2, 0.25) is 5.88 Å². The minimum Gasteiger partial charge on any atom is -0.471 e. The Morgan fingerprint density at radius 3 is 2.86 bits per heavy atom. The minimum atomic E-state index is -0.0418. The molecule has 7 nitrogen and oxygen atoms in total. The number of amides is 1. The van der Waals surface area contributed by atoms with Crippen molar-refractivity contribution < 1.29 is 9.53 Å². The van der Waals surface area contributed by atoms with E-state index in [0.717, 1.165) is 34.5 Å². The predicted molar refractivity (Wildman–Crippen MR) is 104 cm³/mol. The van der Waals surface area contributed by atoms with Crippen molar-refractivity contribution in [2.75, 3.05) is 6.54 Å². The lowest BCUT2D eigenvalue weighted by Gasteiger charge is -2.27. The summed E-state index contributed by atoms with van der Waals surface area (Å²) >= 11 is 0. The number of hydrogen-bond acceptors (Lipinski definition) is 5. The number of hydrogen-bond donors (Lipinski definition) is 0. The zero-order valence-corrected chi connectivity index (χ0v) is 16.3. The second kappa shape index (κ2) is 7.42. The van der Waals surface area contributed by atoms with Crippen molar-refractivity contribution in [2.24, 2.45) is 7.05 Å². The van der Waals surface area contributed by atoms with E-state index in [1.54, 1.807) is 12.4 Å². The van der Waals surface area contributed by atoms with Crippen LogP contribution in [0.5, 0.6) is 5.88 Å². The zero-order valence-electron chi connectivity index (χ0n) is 16.3. The van der Waals surface area contributed by atoms with Gasteiger partial charge in [-0.1, -0.05) is 6.07 Å². The number of rotatable bonds is 4. The first kappa shape index (κ1) is 18.2. The molecule has 0 aromatic carbocycles. The van der Waals surface area contributed by atoms with Gasteiger partial charge in [0.25, 0.3) is 5.91 Å². The van der Waals surface area contributed by atoms with Crippen LogP contribution in [0.1, 0.15) is 38.6 Å². The highest BCUT2D eigenvalue weighted by Crippen LogP contribution is 2.24. The molecular formula is C21H23N5O2. The molecule has 0 N–H and O–H groups in total. The first-order chi connectivity index (χ1) is 13.5. The molecule has 28 heavy (non-hydrogen) atoms. The van der Waals surface area contributed by atoms with E-state index in [0.29, 0.717) is 31.3 Å². The molecule has 3 aromatic rings. The Bertz CT molecular complexity index is 1030. The number of carbonyl (C=O) groups excluding carboxylic acids is 1. The summed E-state index contributed by atoms with van der Waals surface area (Å²) in [7, 11) is 1.94. The van der Waals surface area contributed by atoms with Crippen LogP contribution in [0.2, 0.25) is 0 Å². The normalized spacial score (nSPS) is 13.3. The fourth-order valence-corrected chi connectivity index (χ4v) is 3.55. The van der Waals surface area contributed by atoms with Crippen LogP contribution in [-0.4, -0.2) is 37.1 Å². The van der Waals surface area contributed by atoms with Crippen molar-refractivity contribution in [2.45, 2.75) is 33.4 Å². The van der Waals surface area contributed by atoms with E-state index < -0.39 is 0 Å². The third-order valence-electron chi connectivity index (χ3n) is 5.07. The molecule has 1 aliphatic rings. The molecule has 144 valence electrons. The first-order valence-corrected chi connectivity index (χ1v) is 9.33. The van der Waals surface area contributed by atoms with Crippen LogP contribution in [0.25, 0.3) is 0 Å². The van der Waals surface area contributed by atoms with Gasteiger partial charge in [0, 0.05) is 56.3 Å². The number of carbonyl (C=O) groups is 1. The molecule has 0 saturated heterocycles. The lowest BCUT2D eigenvalue weighted by atomic mass is 10.0. The van der Waals surface area contributed by atoms with Crippen molar-refractivity contribution in [1.82, 2.24) is 24.6 Å². The van der Waals surface area contributed by atoms with Gasteiger partial charge in [-0.25, -0.2) is 4.98 Å². The molecule has 4 rings (SSSR count). The summed E-state index contributed by atoms with van der Waals surface area (Å²) in [5.74, 6) is 0.534. The number of aromatic nitrogens is 4. The smallest absolute Gasteiger partial charge is 0.273 e. The SMILES string of the molecule is Cc1ccnc(OCc2nn(C)c3c2CN(C(=O)c2ncccc2C)CC3)c1. The van der Waals surface area contributed by atoms with Gasteiger partial charge < -0.3 is 9.64 Å². The molecule has 0 aliphatic carbocycles. The van der Waals surface area contributed by atoms with E-state index >= 15 is 0 Å². The van der Waals surface area contributed by atoms with E-state index in [4.69, 9.17) is 4.74 Å². The van der Waals surface area contributed by atoms with Crippen molar-refractivity contribution in [3.8, 4) is 5.88 Å². The summed E-state index contributed by atoms with van der Waals surface area (Å²) in [4.78, 5) is 23.3. The van der Waals surface area contributed by atoms with E-state index in [9.17, 15) is 4.79 Å². The maximum atomic E-state index is 13.0. The fourth-order valence-electron chi connectivity index (χ4n) is 3.55. The Kier molecular flexibility index (Phi) is 4.81. The second-order valence-corrected chi connectivity index (χ2v) is 7.10. The standard InChI is InChI=1S/C21H23N5O2/c1-14-6-9-22-19(11-14)28-13-17-16-12-26(10-7-18(16)25(3)24-17)21(27)20-15(2)5-4-8-23-20/h4-6,8-9,11H,7,10,12-13H2,1-3H3. The van der Waals surface area contributed by atoms with Gasteiger partial charge >= 0.3 is 0 Å². The van der Waals surface area contributed by atoms with Gasteiger partial charge in [-0.3, -0.25) is 14.5 Å². The maximum Gasteiger partial charge on any atom is 0.273 e. The summed E-state index contributed by atoms with van der Waals surface area (Å²) in [5.41, 5.74) is 5.54. The number of aryl methyl sites for hydroxylation is 3. The Hall–Kier alpha value is -3.22. The number of fused-ring (bicyclic) bond motifs is 1. The van der Waals surface area contributed by atoms with Crippen LogP contribution in [0.4, 0.5) is 0 Å². The highest BCUT2D eigenvalue weighted by molar-refractivity contribution is 5.93. The highest BCUT2D eigenvalue weighted by atomic mass is 16.5. The average molecular weight is 377 g/mol. The average Bonchev–Trinajstić information content (AvgIpc) is 3.01. The van der Waals surface area contributed by atoms with Crippen molar-refractivity contribution in [3.05, 3.63) is 70.4 Å². The van der Waals surface area contributed by atoms with Gasteiger partial charge in [-0.2, -0.15) is 5.10 Å². The van der Waals surface area contributed by atoms with Crippen molar-refractivity contribution in [3.63, 3.8) is 0 Å². The molecule has 1 amide bonds. The first-order valence-electron chi connectivity index (χ1n) is 9.33. The summed E-state index contributed by atoms with van der Waals surface area (Å²) in [5, 5.41) is 4.62. The molecule has 0 unspecified atom stereocenters. The third-order valence-corrected chi connectivity index (χ3v) is 5.07. The highest BCUT2D eigenvalue weighted by Gasteiger charge is 2.28. The van der Waals surface area contributed by atoms with E-state index in [1.165, 1.54) is 0 Å². The maximum absolute atomic E-state index is 13.0. The summed E-state index contributed by atoms with van der Waals surface area (Å²) in [6.07, 6.45) is 4.15. The van der Waals surface area contributed by atoms with Crippen LogP contribution >= 0.6 is 0 Å². The Morgan fingerprint density at radius 2 is 2.07 bits per heavy atom. The fraction of sp³-hybridized carbons (Fsp3) is 0.333. The van der Waals surface area contributed by atoms with E-state index in [1.807, 2.05) is 54.7 Å². The quantitative estimate of drug-likeness (QED) is 0.699.